The van der Waals surface area contributed by atoms with Crippen LogP contribution in [0, 0.1) is 13.8 Å². The van der Waals surface area contributed by atoms with E-state index in [1.165, 1.54) is 11.1 Å². The standard InChI is InChI=1S/C27H28N4OS/c1-4-21-9-5-6-10-24(21)29-27(33)31(16-20-8-7-11-28-15-20)17-23-14-22-13-18(2)12-19(3)25(22)30-26(23)32/h5-15H,4,16-17H2,1-3H3,(H,29,33)(H,30,32). The molecule has 4 aromatic rings. The number of anilines is 1. The normalized spacial score (nSPS) is 10.9. The summed E-state index contributed by atoms with van der Waals surface area (Å²) in [6.45, 7) is 7.13. The molecule has 5 nitrogen and oxygen atoms in total. The largest absolute Gasteiger partial charge is 0.340 e. The molecule has 0 saturated carbocycles. The fourth-order valence-corrected chi connectivity index (χ4v) is 4.35. The third kappa shape index (κ3) is 5.29. The monoisotopic (exact) mass is 456 g/mol. The number of aromatic nitrogens is 2. The molecular weight excluding hydrogens is 428 g/mol. The van der Waals surface area contributed by atoms with Crippen molar-refractivity contribution in [2.24, 2.45) is 0 Å². The molecule has 0 aliphatic rings. The van der Waals surface area contributed by atoms with Crippen LogP contribution < -0.4 is 10.9 Å². The van der Waals surface area contributed by atoms with Gasteiger partial charge in [-0.1, -0.05) is 42.8 Å². The van der Waals surface area contributed by atoms with Crippen molar-refractivity contribution in [3.63, 3.8) is 0 Å². The Labute approximate surface area is 199 Å². The first kappa shape index (κ1) is 22.7. The number of para-hydroxylation sites is 1. The van der Waals surface area contributed by atoms with Gasteiger partial charge in [-0.3, -0.25) is 9.78 Å². The lowest BCUT2D eigenvalue weighted by molar-refractivity contribution is 0.410. The smallest absolute Gasteiger partial charge is 0.253 e. The highest BCUT2D eigenvalue weighted by molar-refractivity contribution is 7.80. The number of aromatic amines is 1. The van der Waals surface area contributed by atoms with E-state index in [4.69, 9.17) is 12.2 Å². The van der Waals surface area contributed by atoms with Gasteiger partial charge in [-0.05, 0) is 78.8 Å². The highest BCUT2D eigenvalue weighted by Gasteiger charge is 2.16. The van der Waals surface area contributed by atoms with E-state index in [0.29, 0.717) is 23.8 Å². The molecule has 4 rings (SSSR count). The molecule has 2 aromatic carbocycles. The third-order valence-electron chi connectivity index (χ3n) is 5.75. The van der Waals surface area contributed by atoms with Gasteiger partial charge in [0.25, 0.3) is 5.56 Å². The molecule has 168 valence electrons. The predicted octanol–water partition coefficient (Wildman–Crippen LogP) is 5.50. The van der Waals surface area contributed by atoms with Gasteiger partial charge in [0.05, 0.1) is 12.1 Å². The van der Waals surface area contributed by atoms with Gasteiger partial charge in [0.15, 0.2) is 5.11 Å². The van der Waals surface area contributed by atoms with Crippen LogP contribution in [0.5, 0.6) is 0 Å². The summed E-state index contributed by atoms with van der Waals surface area (Å²) in [4.78, 5) is 22.3. The number of pyridine rings is 2. The van der Waals surface area contributed by atoms with Crippen molar-refractivity contribution in [2.75, 3.05) is 5.32 Å². The fraction of sp³-hybridized carbons (Fsp3) is 0.222. The number of thiocarbonyl (C=S) groups is 1. The maximum atomic E-state index is 13.0. The topological polar surface area (TPSA) is 61.0 Å². The summed E-state index contributed by atoms with van der Waals surface area (Å²) in [5.74, 6) is 0. The molecule has 0 amide bonds. The quantitative estimate of drug-likeness (QED) is 0.375. The van der Waals surface area contributed by atoms with E-state index in [9.17, 15) is 4.79 Å². The van der Waals surface area contributed by atoms with Crippen molar-refractivity contribution in [1.29, 1.82) is 0 Å². The Morgan fingerprint density at radius 2 is 1.88 bits per heavy atom. The maximum absolute atomic E-state index is 13.0. The first-order valence-electron chi connectivity index (χ1n) is 11.1. The van der Waals surface area contributed by atoms with Gasteiger partial charge in [-0.25, -0.2) is 0 Å². The van der Waals surface area contributed by atoms with E-state index in [1.807, 2.05) is 54.4 Å². The summed E-state index contributed by atoms with van der Waals surface area (Å²) in [6, 6.07) is 18.2. The van der Waals surface area contributed by atoms with E-state index < -0.39 is 0 Å². The van der Waals surface area contributed by atoms with Crippen LogP contribution in [0.15, 0.2) is 71.8 Å². The average molecular weight is 457 g/mol. The molecule has 6 heteroatoms. The van der Waals surface area contributed by atoms with Gasteiger partial charge >= 0.3 is 0 Å². The van der Waals surface area contributed by atoms with Crippen LogP contribution in [0.25, 0.3) is 10.9 Å². The number of hydrogen-bond acceptors (Lipinski definition) is 3. The second-order valence-corrected chi connectivity index (χ2v) is 8.71. The Balaban J connectivity index is 1.68. The summed E-state index contributed by atoms with van der Waals surface area (Å²) in [5.41, 5.74) is 6.88. The van der Waals surface area contributed by atoms with E-state index in [1.54, 1.807) is 6.20 Å². The van der Waals surface area contributed by atoms with Crippen molar-refractivity contribution in [2.45, 2.75) is 40.3 Å². The molecule has 0 saturated heterocycles. The van der Waals surface area contributed by atoms with Crippen molar-refractivity contribution < 1.29 is 0 Å². The van der Waals surface area contributed by atoms with Gasteiger partial charge in [0.1, 0.15) is 0 Å². The number of rotatable bonds is 6. The summed E-state index contributed by atoms with van der Waals surface area (Å²) in [5, 5.41) is 5.00. The fourth-order valence-electron chi connectivity index (χ4n) is 4.11. The first-order chi connectivity index (χ1) is 15.9. The average Bonchev–Trinajstić information content (AvgIpc) is 2.80. The zero-order chi connectivity index (χ0) is 23.4. The van der Waals surface area contributed by atoms with Gasteiger partial charge in [-0.2, -0.15) is 0 Å². The van der Waals surface area contributed by atoms with Gasteiger partial charge in [0, 0.05) is 30.2 Å². The van der Waals surface area contributed by atoms with Crippen molar-refractivity contribution in [1.82, 2.24) is 14.9 Å². The zero-order valence-electron chi connectivity index (χ0n) is 19.2. The van der Waals surface area contributed by atoms with Crippen molar-refractivity contribution in [3.05, 3.63) is 105 Å². The zero-order valence-corrected chi connectivity index (χ0v) is 20.0. The number of aryl methyl sites for hydroxylation is 3. The number of benzene rings is 2. The SMILES string of the molecule is CCc1ccccc1NC(=S)N(Cc1cccnc1)Cc1cc2cc(C)cc(C)c2[nH]c1=O. The number of hydrogen-bond donors (Lipinski definition) is 2. The van der Waals surface area contributed by atoms with Crippen LogP contribution in [-0.2, 0) is 19.5 Å². The Hall–Kier alpha value is -3.51. The van der Waals surface area contributed by atoms with Crippen molar-refractivity contribution >= 4 is 33.9 Å². The molecule has 2 N–H and O–H groups in total. The summed E-state index contributed by atoms with van der Waals surface area (Å²) in [7, 11) is 0. The maximum Gasteiger partial charge on any atom is 0.253 e. The number of nitrogens with zero attached hydrogens (tertiary/aromatic N) is 2. The second kappa shape index (κ2) is 9.96. The minimum atomic E-state index is -0.0950. The number of fused-ring (bicyclic) bond motifs is 1. The summed E-state index contributed by atoms with van der Waals surface area (Å²) >= 11 is 5.83. The molecule has 33 heavy (non-hydrogen) atoms. The van der Waals surface area contributed by atoms with Crippen LogP contribution in [0.2, 0.25) is 0 Å². The molecular formula is C27H28N4OS. The number of H-pyrrole nitrogens is 1. The van der Waals surface area contributed by atoms with Gasteiger partial charge < -0.3 is 15.2 Å². The first-order valence-corrected chi connectivity index (χ1v) is 11.5. The highest BCUT2D eigenvalue weighted by Crippen LogP contribution is 2.20. The lowest BCUT2D eigenvalue weighted by atomic mass is 10.1. The molecule has 0 radical (unpaired) electrons. The van der Waals surface area contributed by atoms with E-state index in [2.05, 4.69) is 47.3 Å². The van der Waals surface area contributed by atoms with Crippen LogP contribution in [0.4, 0.5) is 5.69 Å². The second-order valence-electron chi connectivity index (χ2n) is 8.33. The minimum absolute atomic E-state index is 0.0950. The molecule has 0 unspecified atom stereocenters. The summed E-state index contributed by atoms with van der Waals surface area (Å²) < 4.78 is 0. The Kier molecular flexibility index (Phi) is 6.84. The lowest BCUT2D eigenvalue weighted by Crippen LogP contribution is -2.35. The predicted molar refractivity (Wildman–Crippen MR) is 140 cm³/mol. The molecule has 2 aromatic heterocycles. The Morgan fingerprint density at radius 3 is 2.64 bits per heavy atom. The molecule has 0 aliphatic carbocycles. The number of nitrogens with one attached hydrogen (secondary N) is 2. The molecule has 2 heterocycles. The van der Waals surface area contributed by atoms with E-state index >= 15 is 0 Å². The molecule has 0 bridgehead atoms. The highest BCUT2D eigenvalue weighted by atomic mass is 32.1. The third-order valence-corrected chi connectivity index (χ3v) is 6.12. The van der Waals surface area contributed by atoms with Crippen LogP contribution in [0.3, 0.4) is 0 Å². The molecule has 0 aliphatic heterocycles. The van der Waals surface area contributed by atoms with E-state index in [0.717, 1.165) is 34.1 Å². The van der Waals surface area contributed by atoms with Crippen LogP contribution >= 0.6 is 12.2 Å². The molecule has 0 spiro atoms. The molecule has 0 fully saturated rings. The Morgan fingerprint density at radius 1 is 1.06 bits per heavy atom. The van der Waals surface area contributed by atoms with Crippen molar-refractivity contribution in [3.8, 4) is 0 Å². The van der Waals surface area contributed by atoms with E-state index in [-0.39, 0.29) is 5.56 Å². The van der Waals surface area contributed by atoms with Crippen LogP contribution in [-0.4, -0.2) is 20.0 Å². The van der Waals surface area contributed by atoms with Crippen LogP contribution in [0.1, 0.15) is 34.7 Å². The summed E-state index contributed by atoms with van der Waals surface area (Å²) in [6.07, 6.45) is 4.48. The van der Waals surface area contributed by atoms with Gasteiger partial charge in [0.2, 0.25) is 0 Å². The lowest BCUT2D eigenvalue weighted by Gasteiger charge is -2.26. The minimum Gasteiger partial charge on any atom is -0.340 e. The molecule has 0 atom stereocenters. The Bertz CT molecular complexity index is 1350. The van der Waals surface area contributed by atoms with Gasteiger partial charge in [-0.15, -0.1) is 0 Å².